The Hall–Kier alpha value is -1.36. The molecule has 1 aliphatic heterocycles. The summed E-state index contributed by atoms with van der Waals surface area (Å²) in [6, 6.07) is 0. The van der Waals surface area contributed by atoms with Gasteiger partial charge in [0.15, 0.2) is 0 Å². The molecule has 1 aromatic rings. The van der Waals surface area contributed by atoms with Crippen LogP contribution in [0.4, 0.5) is 5.69 Å². The smallest absolute Gasteiger partial charge is 0.284 e. The number of nitrogens with zero attached hydrogens (tertiary/aromatic N) is 2. The Morgan fingerprint density at radius 3 is 3.16 bits per heavy atom. The summed E-state index contributed by atoms with van der Waals surface area (Å²) in [5, 5.41) is 17.1. The van der Waals surface area contributed by atoms with E-state index < -0.39 is 5.60 Å². The van der Waals surface area contributed by atoms with E-state index in [0.717, 1.165) is 0 Å². The normalized spacial score (nSPS) is 22.2. The van der Waals surface area contributed by atoms with Crippen LogP contribution in [0.5, 0.6) is 0 Å². The third-order valence-corrected chi connectivity index (χ3v) is 3.68. The third-order valence-electron chi connectivity index (χ3n) is 2.92. The molecule has 0 bridgehead atoms. The summed E-state index contributed by atoms with van der Waals surface area (Å²) in [4.78, 5) is 11.9. The Balaban J connectivity index is 2.11. The summed E-state index contributed by atoms with van der Waals surface area (Å²) in [6.07, 6.45) is 7.22. The Morgan fingerprint density at radius 1 is 1.74 bits per heavy atom. The third kappa shape index (κ3) is 3.15. The molecule has 6 nitrogen and oxygen atoms in total. The van der Waals surface area contributed by atoms with E-state index in [-0.39, 0.29) is 12.1 Å². The highest BCUT2D eigenvalue weighted by atomic mass is 79.9. The van der Waals surface area contributed by atoms with Crippen molar-refractivity contribution in [2.75, 3.05) is 25.1 Å². The van der Waals surface area contributed by atoms with Crippen LogP contribution in [0.15, 0.2) is 15.5 Å². The molecule has 0 amide bonds. The number of rotatable bonds is 4. The zero-order chi connectivity index (χ0) is 13.9. The van der Waals surface area contributed by atoms with E-state index in [1.807, 2.05) is 0 Å². The molecule has 19 heavy (non-hydrogen) atoms. The lowest BCUT2D eigenvalue weighted by atomic mass is 10.0. The largest absolute Gasteiger partial charge is 0.386 e. The molecule has 7 heteroatoms. The van der Waals surface area contributed by atoms with Gasteiger partial charge in [0.05, 0.1) is 18.5 Å². The molecule has 0 aromatic carbocycles. The SMILES string of the molecule is C#CCn1ncc(NCC2(O)CCOC2)c(Br)c1=O. The van der Waals surface area contributed by atoms with Crippen molar-refractivity contribution in [2.45, 2.75) is 18.6 Å². The summed E-state index contributed by atoms with van der Waals surface area (Å²) in [7, 11) is 0. The molecule has 2 N–H and O–H groups in total. The number of hydrogen-bond acceptors (Lipinski definition) is 5. The van der Waals surface area contributed by atoms with Crippen molar-refractivity contribution in [2.24, 2.45) is 0 Å². The predicted octanol–water partition coefficient (Wildman–Crippen LogP) is 0.202. The molecule has 1 unspecified atom stereocenters. The highest BCUT2D eigenvalue weighted by molar-refractivity contribution is 9.10. The van der Waals surface area contributed by atoms with Crippen LogP contribution in [0.1, 0.15) is 6.42 Å². The highest BCUT2D eigenvalue weighted by Crippen LogP contribution is 2.21. The van der Waals surface area contributed by atoms with Gasteiger partial charge in [0.25, 0.3) is 5.56 Å². The molecule has 1 atom stereocenters. The number of halogens is 1. The van der Waals surface area contributed by atoms with E-state index in [1.54, 1.807) is 0 Å². The fourth-order valence-corrected chi connectivity index (χ4v) is 2.23. The number of hydrogen-bond donors (Lipinski definition) is 2. The van der Waals surface area contributed by atoms with Gasteiger partial charge in [0.2, 0.25) is 0 Å². The van der Waals surface area contributed by atoms with Gasteiger partial charge in [-0.25, -0.2) is 4.68 Å². The molecule has 1 aliphatic rings. The minimum Gasteiger partial charge on any atom is -0.386 e. The number of aromatic nitrogens is 2. The van der Waals surface area contributed by atoms with Crippen LogP contribution in [0, 0.1) is 12.3 Å². The van der Waals surface area contributed by atoms with E-state index in [0.29, 0.717) is 36.3 Å². The van der Waals surface area contributed by atoms with Crippen LogP contribution in [0.2, 0.25) is 0 Å². The van der Waals surface area contributed by atoms with Crippen LogP contribution < -0.4 is 10.9 Å². The van der Waals surface area contributed by atoms with Crippen molar-refractivity contribution in [1.29, 1.82) is 0 Å². The van der Waals surface area contributed by atoms with Gasteiger partial charge in [-0.2, -0.15) is 5.10 Å². The van der Waals surface area contributed by atoms with Crippen molar-refractivity contribution in [1.82, 2.24) is 9.78 Å². The first-order chi connectivity index (χ1) is 9.06. The zero-order valence-electron chi connectivity index (χ0n) is 10.2. The van der Waals surface area contributed by atoms with Crippen LogP contribution in [0.3, 0.4) is 0 Å². The standard InChI is InChI=1S/C12H14BrN3O3/c1-2-4-16-11(17)10(13)9(6-15-16)14-7-12(18)3-5-19-8-12/h1,6,14,18H,3-5,7-8H2. The van der Waals surface area contributed by atoms with Gasteiger partial charge in [-0.15, -0.1) is 6.42 Å². The van der Waals surface area contributed by atoms with Crippen molar-refractivity contribution >= 4 is 21.6 Å². The first-order valence-corrected chi connectivity index (χ1v) is 6.58. The van der Waals surface area contributed by atoms with Gasteiger partial charge in [-0.3, -0.25) is 4.79 Å². The first kappa shape index (κ1) is 14.1. The molecule has 102 valence electrons. The molecule has 0 spiro atoms. The van der Waals surface area contributed by atoms with E-state index in [4.69, 9.17) is 11.2 Å². The maximum absolute atomic E-state index is 11.9. The molecule has 0 radical (unpaired) electrons. The molecule has 2 heterocycles. The van der Waals surface area contributed by atoms with E-state index in [9.17, 15) is 9.90 Å². The van der Waals surface area contributed by atoms with Crippen LogP contribution in [0.25, 0.3) is 0 Å². The summed E-state index contributed by atoms with van der Waals surface area (Å²) < 4.78 is 6.68. The lowest BCUT2D eigenvalue weighted by Gasteiger charge is -2.21. The Kier molecular flexibility index (Phi) is 4.24. The van der Waals surface area contributed by atoms with Gasteiger partial charge >= 0.3 is 0 Å². The number of nitrogens with one attached hydrogen (secondary N) is 1. The average molecular weight is 328 g/mol. The number of aliphatic hydroxyl groups is 1. The summed E-state index contributed by atoms with van der Waals surface area (Å²) in [6.45, 7) is 1.25. The van der Waals surface area contributed by atoms with Gasteiger partial charge < -0.3 is 15.2 Å². The van der Waals surface area contributed by atoms with Crippen LogP contribution in [-0.4, -0.2) is 40.2 Å². The second-order valence-corrected chi connectivity index (χ2v) is 5.21. The Bertz CT molecular complexity index is 558. The van der Waals surface area contributed by atoms with Gasteiger partial charge in [-0.1, -0.05) is 5.92 Å². The molecular formula is C12H14BrN3O3. The summed E-state index contributed by atoms with van der Waals surface area (Å²) in [5.41, 5.74) is -0.677. The monoisotopic (exact) mass is 327 g/mol. The van der Waals surface area contributed by atoms with Gasteiger partial charge in [-0.05, 0) is 15.9 Å². The zero-order valence-corrected chi connectivity index (χ0v) is 11.8. The molecule has 0 saturated carbocycles. The maximum Gasteiger partial charge on any atom is 0.284 e. The highest BCUT2D eigenvalue weighted by Gasteiger charge is 2.32. The van der Waals surface area contributed by atoms with Crippen molar-refractivity contribution in [3.05, 3.63) is 21.0 Å². The number of terminal acetylenes is 1. The summed E-state index contributed by atoms with van der Waals surface area (Å²) in [5.74, 6) is 2.36. The summed E-state index contributed by atoms with van der Waals surface area (Å²) >= 11 is 3.21. The predicted molar refractivity (Wildman–Crippen MR) is 73.9 cm³/mol. The maximum atomic E-state index is 11.9. The molecular weight excluding hydrogens is 314 g/mol. The fourth-order valence-electron chi connectivity index (χ4n) is 1.78. The molecule has 1 saturated heterocycles. The lowest BCUT2D eigenvalue weighted by molar-refractivity contribution is 0.0382. The number of ether oxygens (including phenoxy) is 1. The van der Waals surface area contributed by atoms with Crippen molar-refractivity contribution in [3.63, 3.8) is 0 Å². The Morgan fingerprint density at radius 2 is 2.53 bits per heavy atom. The molecule has 1 aromatic heterocycles. The van der Waals surface area contributed by atoms with Gasteiger partial charge in [0, 0.05) is 19.6 Å². The fraction of sp³-hybridized carbons (Fsp3) is 0.500. The quantitative estimate of drug-likeness (QED) is 0.773. The average Bonchev–Trinajstić information content (AvgIpc) is 2.82. The van der Waals surface area contributed by atoms with Gasteiger partial charge in [0.1, 0.15) is 16.6 Å². The van der Waals surface area contributed by atoms with Crippen molar-refractivity contribution < 1.29 is 9.84 Å². The van der Waals surface area contributed by atoms with E-state index >= 15 is 0 Å². The minimum absolute atomic E-state index is 0.121. The first-order valence-electron chi connectivity index (χ1n) is 5.79. The topological polar surface area (TPSA) is 76.4 Å². The minimum atomic E-state index is -0.896. The number of anilines is 1. The Labute approximate surface area is 118 Å². The van der Waals surface area contributed by atoms with E-state index in [1.165, 1.54) is 10.9 Å². The molecule has 1 fully saturated rings. The molecule has 2 rings (SSSR count). The van der Waals surface area contributed by atoms with Crippen LogP contribution >= 0.6 is 15.9 Å². The molecule has 0 aliphatic carbocycles. The second-order valence-electron chi connectivity index (χ2n) is 4.42. The van der Waals surface area contributed by atoms with Crippen molar-refractivity contribution in [3.8, 4) is 12.3 Å². The lowest BCUT2D eigenvalue weighted by Crippen LogP contribution is -2.37. The van der Waals surface area contributed by atoms with E-state index in [2.05, 4.69) is 32.3 Å². The van der Waals surface area contributed by atoms with Crippen LogP contribution in [-0.2, 0) is 11.3 Å². The second kappa shape index (κ2) is 5.74.